The fourth-order valence-electron chi connectivity index (χ4n) is 4.28. The summed E-state index contributed by atoms with van der Waals surface area (Å²) < 4.78 is 18.1. The van der Waals surface area contributed by atoms with Gasteiger partial charge in [0.15, 0.2) is 0 Å². The van der Waals surface area contributed by atoms with Gasteiger partial charge in [-0.15, -0.1) is 0 Å². The van der Waals surface area contributed by atoms with Gasteiger partial charge in [-0.2, -0.15) is 0 Å². The van der Waals surface area contributed by atoms with E-state index in [1.807, 2.05) is 4.90 Å². The normalized spacial score (nSPS) is 20.9. The van der Waals surface area contributed by atoms with Gasteiger partial charge in [-0.1, -0.05) is 24.3 Å². The minimum Gasteiger partial charge on any atom is -0.383 e. The number of carbonyl (C=O) groups is 2. The number of halogens is 1. The predicted molar refractivity (Wildman–Crippen MR) is 113 cm³/mol. The van der Waals surface area contributed by atoms with E-state index < -0.39 is 0 Å². The van der Waals surface area contributed by atoms with Crippen molar-refractivity contribution in [2.24, 2.45) is 11.8 Å². The lowest BCUT2D eigenvalue weighted by Crippen LogP contribution is -2.45. The molecule has 1 unspecified atom stereocenters. The van der Waals surface area contributed by atoms with Crippen LogP contribution in [0.25, 0.3) is 0 Å². The van der Waals surface area contributed by atoms with E-state index in [1.165, 1.54) is 12.1 Å². The summed E-state index contributed by atoms with van der Waals surface area (Å²) in [4.78, 5) is 29.3. The highest BCUT2D eigenvalue weighted by molar-refractivity contribution is 5.80. The zero-order valence-electron chi connectivity index (χ0n) is 17.7. The zero-order valence-corrected chi connectivity index (χ0v) is 17.7. The van der Waals surface area contributed by atoms with Crippen molar-refractivity contribution in [2.45, 2.75) is 25.8 Å². The first-order valence-electron chi connectivity index (χ1n) is 10.7. The molecule has 1 aromatic rings. The highest BCUT2D eigenvalue weighted by Crippen LogP contribution is 2.31. The Hall–Kier alpha value is -2.25. The molecule has 7 heteroatoms. The number of methoxy groups -OCH3 is 1. The van der Waals surface area contributed by atoms with Crippen LogP contribution in [0.4, 0.5) is 4.39 Å². The van der Waals surface area contributed by atoms with Crippen molar-refractivity contribution in [3.05, 3.63) is 47.8 Å². The fraction of sp³-hybridized carbons (Fsp3) is 0.565. The number of ether oxygens (including phenoxy) is 1. The van der Waals surface area contributed by atoms with Gasteiger partial charge in [0, 0.05) is 32.7 Å². The van der Waals surface area contributed by atoms with Gasteiger partial charge in [0.25, 0.3) is 0 Å². The molecule has 2 aliphatic rings. The number of carbonyl (C=O) groups excluding carboxylic acids is 2. The van der Waals surface area contributed by atoms with Crippen molar-refractivity contribution in [2.75, 3.05) is 46.4 Å². The summed E-state index contributed by atoms with van der Waals surface area (Å²) >= 11 is 0. The summed E-state index contributed by atoms with van der Waals surface area (Å²) in [6.45, 7) is 4.18. The van der Waals surface area contributed by atoms with Crippen LogP contribution in [0.3, 0.4) is 0 Å². The van der Waals surface area contributed by atoms with Gasteiger partial charge in [-0.25, -0.2) is 4.39 Å². The van der Waals surface area contributed by atoms with Gasteiger partial charge in [-0.3, -0.25) is 14.5 Å². The lowest BCUT2D eigenvalue weighted by atomic mass is 9.81. The lowest BCUT2D eigenvalue weighted by molar-refractivity contribution is -0.138. The molecule has 1 aromatic carbocycles. The van der Waals surface area contributed by atoms with Gasteiger partial charge in [-0.05, 0) is 56.0 Å². The molecule has 3 rings (SSSR count). The Morgan fingerprint density at radius 1 is 1.20 bits per heavy atom. The van der Waals surface area contributed by atoms with Gasteiger partial charge >= 0.3 is 0 Å². The summed E-state index contributed by atoms with van der Waals surface area (Å²) in [5, 5.41) is 2.85. The fourth-order valence-corrected chi connectivity index (χ4v) is 4.28. The molecular weight excluding hydrogens is 385 g/mol. The Labute approximate surface area is 178 Å². The monoisotopic (exact) mass is 417 g/mol. The first-order valence-corrected chi connectivity index (χ1v) is 10.7. The van der Waals surface area contributed by atoms with E-state index in [4.69, 9.17) is 4.74 Å². The van der Waals surface area contributed by atoms with Gasteiger partial charge in [0.1, 0.15) is 5.82 Å². The summed E-state index contributed by atoms with van der Waals surface area (Å²) in [6, 6.07) is 6.35. The number of rotatable bonds is 8. The number of nitrogens with zero attached hydrogens (tertiary/aromatic N) is 2. The van der Waals surface area contributed by atoms with Crippen LogP contribution in [0.15, 0.2) is 36.4 Å². The SMILES string of the molecule is COCCNC(=O)CN1CCC(C2CC=CCN(Cc3ccc(F)cc3)C2=O)CC1. The van der Waals surface area contributed by atoms with E-state index in [1.54, 1.807) is 19.2 Å². The van der Waals surface area contributed by atoms with E-state index in [-0.39, 0.29) is 23.5 Å². The van der Waals surface area contributed by atoms with Crippen molar-refractivity contribution in [1.29, 1.82) is 0 Å². The van der Waals surface area contributed by atoms with E-state index in [0.717, 1.165) is 37.9 Å². The topological polar surface area (TPSA) is 61.9 Å². The molecule has 2 aliphatic heterocycles. The Morgan fingerprint density at radius 3 is 2.63 bits per heavy atom. The maximum absolute atomic E-state index is 13.2. The number of nitrogens with one attached hydrogen (secondary N) is 1. The van der Waals surface area contributed by atoms with Crippen molar-refractivity contribution >= 4 is 11.8 Å². The first-order chi connectivity index (χ1) is 14.6. The molecule has 164 valence electrons. The molecule has 0 radical (unpaired) electrons. The average Bonchev–Trinajstić information content (AvgIpc) is 2.92. The molecule has 2 amide bonds. The minimum absolute atomic E-state index is 0.0180. The van der Waals surface area contributed by atoms with Crippen LogP contribution in [-0.4, -0.2) is 68.1 Å². The highest BCUT2D eigenvalue weighted by atomic mass is 19.1. The van der Waals surface area contributed by atoms with Crippen LogP contribution in [0.2, 0.25) is 0 Å². The predicted octanol–water partition coefficient (Wildman–Crippen LogP) is 2.21. The third-order valence-electron chi connectivity index (χ3n) is 5.99. The summed E-state index contributed by atoms with van der Waals surface area (Å²) in [5.41, 5.74) is 0.938. The second kappa shape index (κ2) is 11.2. The van der Waals surface area contributed by atoms with Crippen molar-refractivity contribution in [1.82, 2.24) is 15.1 Å². The Balaban J connectivity index is 1.51. The first kappa shape index (κ1) is 22.4. The Morgan fingerprint density at radius 2 is 1.93 bits per heavy atom. The van der Waals surface area contributed by atoms with Gasteiger partial charge < -0.3 is 15.0 Å². The minimum atomic E-state index is -0.266. The van der Waals surface area contributed by atoms with Crippen LogP contribution in [0, 0.1) is 17.7 Å². The van der Waals surface area contributed by atoms with Crippen LogP contribution in [0.1, 0.15) is 24.8 Å². The maximum atomic E-state index is 13.2. The maximum Gasteiger partial charge on any atom is 0.234 e. The number of allylic oxidation sites excluding steroid dienone is 1. The summed E-state index contributed by atoms with van der Waals surface area (Å²) in [5.74, 6) is 0.230. The Bertz CT molecular complexity index is 730. The number of piperidine rings is 1. The van der Waals surface area contributed by atoms with E-state index >= 15 is 0 Å². The summed E-state index contributed by atoms with van der Waals surface area (Å²) in [7, 11) is 1.61. The standard InChI is InChI=1S/C23H32FN3O3/c1-30-15-11-25-22(28)17-26-13-9-19(10-14-26)21-4-2-3-12-27(23(21)29)16-18-5-7-20(24)8-6-18/h2-3,5-8,19,21H,4,9-17H2,1H3,(H,25,28). The number of likely N-dealkylation sites (tertiary alicyclic amines) is 1. The zero-order chi connectivity index (χ0) is 21.3. The van der Waals surface area contributed by atoms with Crippen LogP contribution in [-0.2, 0) is 20.9 Å². The second-order valence-corrected chi connectivity index (χ2v) is 8.12. The summed E-state index contributed by atoms with van der Waals surface area (Å²) in [6.07, 6.45) is 6.77. The highest BCUT2D eigenvalue weighted by Gasteiger charge is 2.34. The molecule has 0 saturated carbocycles. The molecule has 0 aromatic heterocycles. The smallest absolute Gasteiger partial charge is 0.234 e. The molecule has 1 N–H and O–H groups in total. The van der Waals surface area contributed by atoms with E-state index in [2.05, 4.69) is 22.4 Å². The van der Waals surface area contributed by atoms with E-state index in [9.17, 15) is 14.0 Å². The number of hydrogen-bond acceptors (Lipinski definition) is 4. The molecule has 2 heterocycles. The van der Waals surface area contributed by atoms with Crippen molar-refractivity contribution < 1.29 is 18.7 Å². The second-order valence-electron chi connectivity index (χ2n) is 8.12. The molecule has 6 nitrogen and oxygen atoms in total. The third-order valence-corrected chi connectivity index (χ3v) is 5.99. The van der Waals surface area contributed by atoms with Crippen LogP contribution < -0.4 is 5.32 Å². The van der Waals surface area contributed by atoms with Crippen molar-refractivity contribution in [3.8, 4) is 0 Å². The third kappa shape index (κ3) is 6.37. The van der Waals surface area contributed by atoms with Crippen LogP contribution >= 0.6 is 0 Å². The molecular formula is C23H32FN3O3. The number of amides is 2. The lowest BCUT2D eigenvalue weighted by Gasteiger charge is -2.36. The molecule has 1 fully saturated rings. The van der Waals surface area contributed by atoms with Crippen LogP contribution in [0.5, 0.6) is 0 Å². The molecule has 0 bridgehead atoms. The van der Waals surface area contributed by atoms with Crippen molar-refractivity contribution in [3.63, 3.8) is 0 Å². The molecule has 30 heavy (non-hydrogen) atoms. The largest absolute Gasteiger partial charge is 0.383 e. The quantitative estimate of drug-likeness (QED) is 0.520. The molecule has 0 spiro atoms. The van der Waals surface area contributed by atoms with Gasteiger partial charge in [0.05, 0.1) is 13.2 Å². The molecule has 0 aliphatic carbocycles. The number of benzene rings is 1. The van der Waals surface area contributed by atoms with E-state index in [0.29, 0.717) is 38.7 Å². The number of hydrogen-bond donors (Lipinski definition) is 1. The Kier molecular flexibility index (Phi) is 8.39. The molecule has 1 saturated heterocycles. The average molecular weight is 418 g/mol. The molecule has 1 atom stereocenters. The van der Waals surface area contributed by atoms with Gasteiger partial charge in [0.2, 0.25) is 11.8 Å².